The number of carbonyl (C=O) groups excluding carboxylic acids is 1. The van der Waals surface area contributed by atoms with Crippen LogP contribution in [0.4, 0.5) is 5.82 Å². The number of likely N-dealkylation sites (N-methyl/N-ethyl adjacent to an activating group) is 1. The maximum atomic E-state index is 12.2. The van der Waals surface area contributed by atoms with Crippen LogP contribution in [0.3, 0.4) is 0 Å². The van der Waals surface area contributed by atoms with Gasteiger partial charge in [-0.25, -0.2) is 9.97 Å². The van der Waals surface area contributed by atoms with Crippen LogP contribution in [0.2, 0.25) is 0 Å². The summed E-state index contributed by atoms with van der Waals surface area (Å²) in [5.74, 6) is -1.27. The third-order valence-corrected chi connectivity index (χ3v) is 5.75. The van der Waals surface area contributed by atoms with Crippen molar-refractivity contribution in [2.45, 2.75) is 43.6 Å². The SMILES string of the molecule is COC(=O)[C@H](C#N)c1nc2ccccc2nc1NCC1(N(C)C)CCCCC1. The summed E-state index contributed by atoms with van der Waals surface area (Å²) in [7, 11) is 5.48. The number of aromatic nitrogens is 2. The summed E-state index contributed by atoms with van der Waals surface area (Å²) in [6.07, 6.45) is 5.84. The van der Waals surface area contributed by atoms with Gasteiger partial charge in [0.15, 0.2) is 11.7 Å². The highest BCUT2D eigenvalue weighted by atomic mass is 16.5. The van der Waals surface area contributed by atoms with Crippen molar-refractivity contribution in [2.24, 2.45) is 0 Å². The Morgan fingerprint density at radius 3 is 2.46 bits per heavy atom. The second-order valence-electron chi connectivity index (χ2n) is 7.56. The molecule has 0 saturated heterocycles. The first-order chi connectivity index (χ1) is 13.5. The third kappa shape index (κ3) is 3.92. The fourth-order valence-corrected chi connectivity index (χ4v) is 3.93. The number of ether oxygens (including phenoxy) is 1. The number of para-hydroxylation sites is 2. The van der Waals surface area contributed by atoms with Crippen LogP contribution in [-0.4, -0.2) is 54.1 Å². The van der Waals surface area contributed by atoms with Gasteiger partial charge >= 0.3 is 5.97 Å². The van der Waals surface area contributed by atoms with E-state index in [1.165, 1.54) is 26.4 Å². The molecular formula is C21H27N5O2. The standard InChI is InChI=1S/C21H27N5O2/c1-26(2)21(11-7-4-8-12-21)14-23-19-18(15(13-22)20(27)28-3)24-16-9-5-6-10-17(16)25-19/h5-6,9-10,15H,4,7-8,11-12,14H2,1-3H3,(H,23,25)/t15-/m1/s1. The highest BCUT2D eigenvalue weighted by molar-refractivity contribution is 5.84. The minimum absolute atomic E-state index is 0.0241. The third-order valence-electron chi connectivity index (χ3n) is 5.75. The van der Waals surface area contributed by atoms with Crippen molar-refractivity contribution in [3.05, 3.63) is 30.0 Å². The van der Waals surface area contributed by atoms with Gasteiger partial charge in [-0.2, -0.15) is 5.26 Å². The average Bonchev–Trinajstić information content (AvgIpc) is 2.73. The molecule has 1 atom stereocenters. The summed E-state index contributed by atoms with van der Waals surface area (Å²) in [6.45, 7) is 0.680. The van der Waals surface area contributed by atoms with Gasteiger partial charge in [0.2, 0.25) is 0 Å². The van der Waals surface area contributed by atoms with E-state index in [1.807, 2.05) is 30.3 Å². The Bertz CT molecular complexity index is 884. The largest absolute Gasteiger partial charge is 0.468 e. The quantitative estimate of drug-likeness (QED) is 0.769. The minimum atomic E-state index is -1.12. The predicted molar refractivity (Wildman–Crippen MR) is 108 cm³/mol. The first-order valence-electron chi connectivity index (χ1n) is 9.66. The summed E-state index contributed by atoms with van der Waals surface area (Å²) >= 11 is 0. The molecule has 0 aliphatic heterocycles. The van der Waals surface area contributed by atoms with Crippen LogP contribution in [-0.2, 0) is 9.53 Å². The van der Waals surface area contributed by atoms with Crippen molar-refractivity contribution < 1.29 is 9.53 Å². The molecule has 0 radical (unpaired) electrons. The monoisotopic (exact) mass is 381 g/mol. The van der Waals surface area contributed by atoms with Crippen molar-refractivity contribution in [3.63, 3.8) is 0 Å². The molecule has 2 aromatic rings. The van der Waals surface area contributed by atoms with Crippen molar-refractivity contribution in [3.8, 4) is 6.07 Å². The molecule has 1 aromatic heterocycles. The molecule has 0 bridgehead atoms. The Hall–Kier alpha value is -2.72. The van der Waals surface area contributed by atoms with E-state index in [4.69, 9.17) is 4.74 Å². The summed E-state index contributed by atoms with van der Waals surface area (Å²) < 4.78 is 4.81. The predicted octanol–water partition coefficient (Wildman–Crippen LogP) is 3.09. The fourth-order valence-electron chi connectivity index (χ4n) is 3.93. The number of methoxy groups -OCH3 is 1. The molecule has 148 valence electrons. The van der Waals surface area contributed by atoms with E-state index in [2.05, 4.69) is 34.3 Å². The zero-order chi connectivity index (χ0) is 20.1. The lowest BCUT2D eigenvalue weighted by molar-refractivity contribution is -0.141. The Morgan fingerprint density at radius 1 is 1.25 bits per heavy atom. The summed E-state index contributed by atoms with van der Waals surface area (Å²) in [6, 6.07) is 9.47. The van der Waals surface area contributed by atoms with Gasteiger partial charge in [-0.05, 0) is 39.1 Å². The number of anilines is 1. The van der Waals surface area contributed by atoms with Gasteiger partial charge in [-0.15, -0.1) is 0 Å². The van der Waals surface area contributed by atoms with Crippen LogP contribution in [0.1, 0.15) is 43.7 Å². The van der Waals surface area contributed by atoms with E-state index in [0.29, 0.717) is 23.6 Å². The fraction of sp³-hybridized carbons (Fsp3) is 0.524. The molecule has 7 heteroatoms. The molecule has 1 aliphatic carbocycles. The van der Waals surface area contributed by atoms with Gasteiger partial charge in [-0.1, -0.05) is 31.4 Å². The number of esters is 1. The number of benzene rings is 1. The number of hydrogen-bond acceptors (Lipinski definition) is 7. The zero-order valence-electron chi connectivity index (χ0n) is 16.7. The van der Waals surface area contributed by atoms with Crippen LogP contribution in [0.15, 0.2) is 24.3 Å². The molecule has 1 fully saturated rings. The van der Waals surface area contributed by atoms with Crippen molar-refractivity contribution in [2.75, 3.05) is 33.1 Å². The topological polar surface area (TPSA) is 91.1 Å². The highest BCUT2D eigenvalue weighted by Crippen LogP contribution is 2.33. The molecule has 1 aromatic carbocycles. The number of nitriles is 1. The number of carbonyl (C=O) groups is 1. The van der Waals surface area contributed by atoms with Crippen LogP contribution in [0.25, 0.3) is 11.0 Å². The Kier molecular flexibility index (Phi) is 6.10. The number of rotatable bonds is 6. The number of fused-ring (bicyclic) bond motifs is 1. The van der Waals surface area contributed by atoms with Gasteiger partial charge in [0.1, 0.15) is 5.69 Å². The molecule has 28 heavy (non-hydrogen) atoms. The van der Waals surface area contributed by atoms with E-state index < -0.39 is 11.9 Å². The van der Waals surface area contributed by atoms with E-state index >= 15 is 0 Å². The molecular weight excluding hydrogens is 354 g/mol. The first kappa shape index (κ1) is 20.0. The van der Waals surface area contributed by atoms with Crippen molar-refractivity contribution in [1.82, 2.24) is 14.9 Å². The molecule has 7 nitrogen and oxygen atoms in total. The lowest BCUT2D eigenvalue weighted by Crippen LogP contribution is -2.51. The zero-order valence-corrected chi connectivity index (χ0v) is 16.7. The molecule has 1 N–H and O–H groups in total. The number of nitrogens with one attached hydrogen (secondary N) is 1. The van der Waals surface area contributed by atoms with Gasteiger partial charge in [0, 0.05) is 12.1 Å². The lowest BCUT2D eigenvalue weighted by atomic mass is 9.80. The van der Waals surface area contributed by atoms with Crippen molar-refractivity contribution >= 4 is 22.8 Å². The van der Waals surface area contributed by atoms with Gasteiger partial charge in [-0.3, -0.25) is 4.79 Å². The molecule has 1 aliphatic rings. The Labute approximate surface area is 165 Å². The smallest absolute Gasteiger partial charge is 0.329 e. The Morgan fingerprint density at radius 2 is 1.89 bits per heavy atom. The van der Waals surface area contributed by atoms with Gasteiger partial charge < -0.3 is 15.0 Å². The van der Waals surface area contributed by atoms with E-state index in [1.54, 1.807) is 0 Å². The normalized spacial score (nSPS) is 17.1. The Balaban J connectivity index is 1.99. The van der Waals surface area contributed by atoms with E-state index in [-0.39, 0.29) is 5.54 Å². The van der Waals surface area contributed by atoms with Gasteiger partial charge in [0.05, 0.1) is 24.2 Å². The number of hydrogen-bond donors (Lipinski definition) is 1. The summed E-state index contributed by atoms with van der Waals surface area (Å²) in [5, 5.41) is 13.0. The second kappa shape index (κ2) is 8.53. The first-order valence-corrected chi connectivity index (χ1v) is 9.66. The maximum absolute atomic E-state index is 12.2. The highest BCUT2D eigenvalue weighted by Gasteiger charge is 2.35. The maximum Gasteiger partial charge on any atom is 0.329 e. The van der Waals surface area contributed by atoms with Gasteiger partial charge in [0.25, 0.3) is 0 Å². The lowest BCUT2D eigenvalue weighted by Gasteiger charge is -2.43. The summed E-state index contributed by atoms with van der Waals surface area (Å²) in [4.78, 5) is 23.7. The molecule has 0 unspecified atom stereocenters. The molecule has 1 heterocycles. The molecule has 1 saturated carbocycles. The molecule has 3 rings (SSSR count). The minimum Gasteiger partial charge on any atom is -0.468 e. The average molecular weight is 381 g/mol. The van der Waals surface area contributed by atoms with E-state index in [0.717, 1.165) is 18.4 Å². The second-order valence-corrected chi connectivity index (χ2v) is 7.56. The number of nitrogens with zero attached hydrogens (tertiary/aromatic N) is 4. The van der Waals surface area contributed by atoms with Crippen LogP contribution >= 0.6 is 0 Å². The van der Waals surface area contributed by atoms with Crippen LogP contribution in [0, 0.1) is 11.3 Å². The van der Waals surface area contributed by atoms with E-state index in [9.17, 15) is 10.1 Å². The summed E-state index contributed by atoms with van der Waals surface area (Å²) in [5.41, 5.74) is 1.71. The molecule has 0 spiro atoms. The van der Waals surface area contributed by atoms with Crippen LogP contribution < -0.4 is 5.32 Å². The van der Waals surface area contributed by atoms with Crippen LogP contribution in [0.5, 0.6) is 0 Å². The van der Waals surface area contributed by atoms with Crippen molar-refractivity contribution in [1.29, 1.82) is 5.26 Å². The molecule has 0 amide bonds.